The van der Waals surface area contributed by atoms with Gasteiger partial charge >= 0.3 is 0 Å². The van der Waals surface area contributed by atoms with Crippen molar-refractivity contribution in [1.29, 1.82) is 0 Å². The lowest BCUT2D eigenvalue weighted by Crippen LogP contribution is -2.44. The van der Waals surface area contributed by atoms with Crippen LogP contribution in [-0.4, -0.2) is 35.2 Å². The fourth-order valence-electron chi connectivity index (χ4n) is 2.50. The molecule has 0 amide bonds. The number of hydrogen-bond acceptors (Lipinski definition) is 4. The normalized spacial score (nSPS) is 20.6. The van der Waals surface area contributed by atoms with E-state index in [-0.39, 0.29) is 0 Å². The van der Waals surface area contributed by atoms with E-state index in [0.717, 1.165) is 36.9 Å². The molecule has 0 aliphatic carbocycles. The van der Waals surface area contributed by atoms with Gasteiger partial charge in [-0.3, -0.25) is 0 Å². The van der Waals surface area contributed by atoms with Crippen LogP contribution in [0.25, 0.3) is 5.65 Å². The lowest BCUT2D eigenvalue weighted by molar-refractivity contribution is 0.0985. The van der Waals surface area contributed by atoms with E-state index in [1.807, 2.05) is 24.4 Å². The van der Waals surface area contributed by atoms with Crippen molar-refractivity contribution in [3.63, 3.8) is 0 Å². The summed E-state index contributed by atoms with van der Waals surface area (Å²) in [6, 6.07) is 6.34. The number of nitrogens with zero attached hydrogens (tertiary/aromatic N) is 3. The summed E-state index contributed by atoms with van der Waals surface area (Å²) in [5, 5.41) is 0. The van der Waals surface area contributed by atoms with Gasteiger partial charge in [0.25, 0.3) is 0 Å². The number of morpholine rings is 1. The second-order valence-electron chi connectivity index (χ2n) is 4.63. The molecule has 3 heterocycles. The molecule has 2 aromatic heterocycles. The fraction of sp³-hybridized carbons (Fsp3) is 0.462. The predicted octanol–water partition coefficient (Wildman–Crippen LogP) is 1.02. The van der Waals surface area contributed by atoms with Crippen LogP contribution in [0.2, 0.25) is 0 Å². The summed E-state index contributed by atoms with van der Waals surface area (Å²) < 4.78 is 7.54. The van der Waals surface area contributed by atoms with Gasteiger partial charge in [0.1, 0.15) is 5.65 Å². The van der Waals surface area contributed by atoms with Crippen LogP contribution >= 0.6 is 0 Å². The van der Waals surface area contributed by atoms with E-state index in [1.54, 1.807) is 0 Å². The van der Waals surface area contributed by atoms with Crippen molar-refractivity contribution >= 4 is 11.5 Å². The fourth-order valence-corrected chi connectivity index (χ4v) is 2.50. The highest BCUT2D eigenvalue weighted by atomic mass is 16.5. The van der Waals surface area contributed by atoms with E-state index in [9.17, 15) is 0 Å². The highest BCUT2D eigenvalue weighted by Gasteiger charge is 2.24. The van der Waals surface area contributed by atoms with E-state index in [4.69, 9.17) is 15.5 Å². The number of pyridine rings is 1. The summed E-state index contributed by atoms with van der Waals surface area (Å²) in [4.78, 5) is 7.00. The molecule has 0 spiro atoms. The van der Waals surface area contributed by atoms with Crippen molar-refractivity contribution in [2.45, 2.75) is 19.5 Å². The highest BCUT2D eigenvalue weighted by Crippen LogP contribution is 2.24. The Balaban J connectivity index is 2.10. The van der Waals surface area contributed by atoms with Crippen molar-refractivity contribution in [3.8, 4) is 0 Å². The van der Waals surface area contributed by atoms with Crippen LogP contribution in [0.15, 0.2) is 24.4 Å². The van der Waals surface area contributed by atoms with Gasteiger partial charge in [-0.05, 0) is 19.1 Å². The summed E-state index contributed by atoms with van der Waals surface area (Å²) >= 11 is 0. The summed E-state index contributed by atoms with van der Waals surface area (Å²) in [6.07, 6.45) is 2.01. The minimum Gasteiger partial charge on any atom is -0.377 e. The quantitative estimate of drug-likeness (QED) is 0.859. The number of anilines is 1. The molecule has 1 saturated heterocycles. The molecule has 1 atom stereocenters. The Morgan fingerprint density at radius 1 is 1.50 bits per heavy atom. The Labute approximate surface area is 106 Å². The Morgan fingerprint density at radius 3 is 3.17 bits per heavy atom. The molecule has 0 bridgehead atoms. The van der Waals surface area contributed by atoms with Crippen molar-refractivity contribution < 1.29 is 4.74 Å². The molecule has 2 aromatic rings. The highest BCUT2D eigenvalue weighted by molar-refractivity contribution is 5.56. The average Bonchev–Trinajstić information content (AvgIpc) is 2.77. The second kappa shape index (κ2) is 4.59. The Morgan fingerprint density at radius 2 is 2.39 bits per heavy atom. The third-order valence-electron chi connectivity index (χ3n) is 3.44. The topological polar surface area (TPSA) is 55.8 Å². The standard InChI is InChI=1S/C13H18N4O/c1-10-9-18-7-6-16(10)13-11(8-14)17-5-3-2-4-12(17)15-13/h2-5,10H,6-9,14H2,1H3. The smallest absolute Gasteiger partial charge is 0.152 e. The Kier molecular flexibility index (Phi) is 2.93. The van der Waals surface area contributed by atoms with Crippen LogP contribution in [0, 0.1) is 0 Å². The average molecular weight is 246 g/mol. The second-order valence-corrected chi connectivity index (χ2v) is 4.63. The van der Waals surface area contributed by atoms with Crippen LogP contribution in [0.5, 0.6) is 0 Å². The molecule has 1 unspecified atom stereocenters. The van der Waals surface area contributed by atoms with Gasteiger partial charge in [0, 0.05) is 19.3 Å². The zero-order chi connectivity index (χ0) is 12.5. The first-order chi connectivity index (χ1) is 8.81. The van der Waals surface area contributed by atoms with Crippen molar-refractivity contribution in [2.24, 2.45) is 5.73 Å². The molecule has 5 nitrogen and oxygen atoms in total. The molecule has 0 radical (unpaired) electrons. The lowest BCUT2D eigenvalue weighted by atomic mass is 10.2. The summed E-state index contributed by atoms with van der Waals surface area (Å²) in [7, 11) is 0. The van der Waals surface area contributed by atoms with E-state index < -0.39 is 0 Å². The van der Waals surface area contributed by atoms with Crippen molar-refractivity contribution in [3.05, 3.63) is 30.1 Å². The van der Waals surface area contributed by atoms with Gasteiger partial charge in [0.15, 0.2) is 5.82 Å². The number of nitrogens with two attached hydrogens (primary N) is 1. The van der Waals surface area contributed by atoms with Crippen LogP contribution in [0.4, 0.5) is 5.82 Å². The minimum absolute atomic E-state index is 0.342. The van der Waals surface area contributed by atoms with Crippen molar-refractivity contribution in [2.75, 3.05) is 24.7 Å². The van der Waals surface area contributed by atoms with E-state index in [2.05, 4.69) is 16.2 Å². The SMILES string of the molecule is CC1COCCN1c1nc2ccccn2c1CN. The maximum atomic E-state index is 5.89. The first kappa shape index (κ1) is 11.5. The lowest BCUT2D eigenvalue weighted by Gasteiger charge is -2.34. The van der Waals surface area contributed by atoms with Crippen LogP contribution in [0.3, 0.4) is 0 Å². The van der Waals surface area contributed by atoms with Gasteiger partial charge in [-0.2, -0.15) is 0 Å². The number of aromatic nitrogens is 2. The van der Waals surface area contributed by atoms with Gasteiger partial charge < -0.3 is 19.8 Å². The molecule has 5 heteroatoms. The van der Waals surface area contributed by atoms with Gasteiger partial charge in [-0.1, -0.05) is 6.07 Å². The first-order valence-corrected chi connectivity index (χ1v) is 6.31. The largest absolute Gasteiger partial charge is 0.377 e. The van der Waals surface area contributed by atoms with Gasteiger partial charge in [-0.25, -0.2) is 4.98 Å². The van der Waals surface area contributed by atoms with E-state index in [0.29, 0.717) is 12.6 Å². The molecule has 2 N–H and O–H groups in total. The maximum absolute atomic E-state index is 5.89. The zero-order valence-electron chi connectivity index (χ0n) is 10.5. The zero-order valence-corrected chi connectivity index (χ0v) is 10.5. The molecule has 0 saturated carbocycles. The molecule has 0 aromatic carbocycles. The molecule has 96 valence electrons. The molecule has 1 fully saturated rings. The van der Waals surface area contributed by atoms with Gasteiger partial charge in [0.2, 0.25) is 0 Å². The van der Waals surface area contributed by atoms with Crippen molar-refractivity contribution in [1.82, 2.24) is 9.38 Å². The molecule has 18 heavy (non-hydrogen) atoms. The number of imidazole rings is 1. The molecule has 1 aliphatic rings. The third kappa shape index (κ3) is 1.76. The maximum Gasteiger partial charge on any atom is 0.152 e. The predicted molar refractivity (Wildman–Crippen MR) is 70.7 cm³/mol. The van der Waals surface area contributed by atoms with E-state index >= 15 is 0 Å². The molecular weight excluding hydrogens is 228 g/mol. The number of ether oxygens (including phenoxy) is 1. The molecule has 3 rings (SSSR count). The number of rotatable bonds is 2. The first-order valence-electron chi connectivity index (χ1n) is 6.31. The summed E-state index contributed by atoms with van der Waals surface area (Å²) in [5.41, 5.74) is 7.91. The minimum atomic E-state index is 0.342. The number of hydrogen-bond donors (Lipinski definition) is 1. The summed E-state index contributed by atoms with van der Waals surface area (Å²) in [6.45, 7) is 5.02. The monoisotopic (exact) mass is 246 g/mol. The van der Waals surface area contributed by atoms with E-state index in [1.165, 1.54) is 0 Å². The molecule has 1 aliphatic heterocycles. The Hall–Kier alpha value is -1.59. The molecular formula is C13H18N4O. The van der Waals surface area contributed by atoms with Crippen LogP contribution < -0.4 is 10.6 Å². The third-order valence-corrected chi connectivity index (χ3v) is 3.44. The van der Waals surface area contributed by atoms with Gasteiger partial charge in [0.05, 0.1) is 24.9 Å². The van der Waals surface area contributed by atoms with Crippen LogP contribution in [0.1, 0.15) is 12.6 Å². The summed E-state index contributed by atoms with van der Waals surface area (Å²) in [5.74, 6) is 1.000. The van der Waals surface area contributed by atoms with Crippen LogP contribution in [-0.2, 0) is 11.3 Å². The Bertz CT molecular complexity index is 551. The van der Waals surface area contributed by atoms with Gasteiger partial charge in [-0.15, -0.1) is 0 Å². The number of fused-ring (bicyclic) bond motifs is 1.